The predicted octanol–water partition coefficient (Wildman–Crippen LogP) is 3.90. The minimum absolute atomic E-state index is 0.0152. The number of hydrogen-bond donors (Lipinski definition) is 1. The number of rotatable bonds is 5. The van der Waals surface area contributed by atoms with Gasteiger partial charge in [0.15, 0.2) is 0 Å². The highest BCUT2D eigenvalue weighted by Gasteiger charge is 2.23. The highest BCUT2D eigenvalue weighted by Crippen LogP contribution is 2.24. The summed E-state index contributed by atoms with van der Waals surface area (Å²) in [6.07, 6.45) is 18.8. The maximum Gasteiger partial charge on any atom is 0.246 e. The zero-order chi connectivity index (χ0) is 21.5. The Morgan fingerprint density at radius 1 is 1.16 bits per heavy atom. The van der Waals surface area contributed by atoms with Crippen LogP contribution in [0.3, 0.4) is 0 Å². The lowest BCUT2D eigenvalue weighted by atomic mass is 9.97. The number of carbonyl (C=O) groups is 2. The maximum absolute atomic E-state index is 12.7. The average Bonchev–Trinajstić information content (AvgIpc) is 3.24. The third kappa shape index (κ3) is 5.79. The van der Waals surface area contributed by atoms with Gasteiger partial charge in [0.1, 0.15) is 5.82 Å². The number of ether oxygens (including phenoxy) is 1. The third-order valence-corrected chi connectivity index (χ3v) is 5.87. The molecule has 0 radical (unpaired) electrons. The standard InChI is InChI=1S/C25H29N3O3/c29-24(28-14-4-7-21(12-15-28)20-5-2-1-3-6-20)11-9-19-8-10-23(26-17-19)27-25(30)22-13-16-31-18-22/h2,5-11,17,22H,1,3-4,12-16,18H2,(H,26,27,30)/b11-9+. The molecule has 0 spiro atoms. The van der Waals surface area contributed by atoms with E-state index in [0.29, 0.717) is 19.0 Å². The summed E-state index contributed by atoms with van der Waals surface area (Å²) in [6, 6.07) is 3.60. The number of pyridine rings is 1. The lowest BCUT2D eigenvalue weighted by Gasteiger charge is -2.19. The monoisotopic (exact) mass is 419 g/mol. The molecule has 1 fully saturated rings. The predicted molar refractivity (Wildman–Crippen MR) is 121 cm³/mol. The molecule has 4 rings (SSSR count). The van der Waals surface area contributed by atoms with E-state index in [-0.39, 0.29) is 17.7 Å². The summed E-state index contributed by atoms with van der Waals surface area (Å²) < 4.78 is 5.25. The molecule has 3 heterocycles. The van der Waals surface area contributed by atoms with Crippen LogP contribution in [0.25, 0.3) is 6.08 Å². The van der Waals surface area contributed by atoms with E-state index in [1.54, 1.807) is 24.4 Å². The number of nitrogens with one attached hydrogen (secondary N) is 1. The second-order valence-electron chi connectivity index (χ2n) is 8.09. The Labute approximate surface area is 183 Å². The Bertz CT molecular complexity index is 922. The van der Waals surface area contributed by atoms with Gasteiger partial charge in [-0.1, -0.05) is 24.3 Å². The van der Waals surface area contributed by atoms with Gasteiger partial charge in [-0.05, 0) is 67.0 Å². The van der Waals surface area contributed by atoms with E-state index in [9.17, 15) is 9.59 Å². The van der Waals surface area contributed by atoms with Crippen LogP contribution in [0.1, 0.15) is 37.7 Å². The van der Waals surface area contributed by atoms with Crippen molar-refractivity contribution < 1.29 is 14.3 Å². The van der Waals surface area contributed by atoms with Crippen molar-refractivity contribution in [2.45, 2.75) is 32.1 Å². The Kier molecular flexibility index (Phi) is 7.10. The van der Waals surface area contributed by atoms with E-state index >= 15 is 0 Å². The summed E-state index contributed by atoms with van der Waals surface area (Å²) in [5.41, 5.74) is 3.48. The van der Waals surface area contributed by atoms with E-state index in [1.807, 2.05) is 11.0 Å². The Morgan fingerprint density at radius 3 is 2.84 bits per heavy atom. The van der Waals surface area contributed by atoms with Crippen molar-refractivity contribution in [1.82, 2.24) is 9.88 Å². The number of allylic oxidation sites excluding steroid dienone is 4. The van der Waals surface area contributed by atoms with E-state index in [2.05, 4.69) is 34.6 Å². The average molecular weight is 420 g/mol. The minimum Gasteiger partial charge on any atom is -0.381 e. The highest BCUT2D eigenvalue weighted by atomic mass is 16.5. The normalized spacial score (nSPS) is 21.5. The van der Waals surface area contributed by atoms with Crippen LogP contribution in [0, 0.1) is 5.92 Å². The molecular weight excluding hydrogens is 390 g/mol. The molecule has 1 unspecified atom stereocenters. The van der Waals surface area contributed by atoms with Crippen LogP contribution in [-0.4, -0.2) is 48.0 Å². The molecule has 1 atom stereocenters. The topological polar surface area (TPSA) is 71.5 Å². The zero-order valence-corrected chi connectivity index (χ0v) is 17.8. The summed E-state index contributed by atoms with van der Waals surface area (Å²) in [6.45, 7) is 2.56. The van der Waals surface area contributed by atoms with Crippen molar-refractivity contribution in [3.05, 3.63) is 65.4 Å². The Morgan fingerprint density at radius 2 is 2.10 bits per heavy atom. The molecule has 162 valence electrons. The maximum atomic E-state index is 12.7. The van der Waals surface area contributed by atoms with Crippen LogP contribution < -0.4 is 5.32 Å². The molecule has 0 saturated carbocycles. The van der Waals surface area contributed by atoms with Gasteiger partial charge in [-0.2, -0.15) is 0 Å². The van der Waals surface area contributed by atoms with E-state index < -0.39 is 0 Å². The molecule has 0 bridgehead atoms. The summed E-state index contributed by atoms with van der Waals surface area (Å²) in [5.74, 6) is 0.365. The summed E-state index contributed by atoms with van der Waals surface area (Å²) in [7, 11) is 0. The van der Waals surface area contributed by atoms with Gasteiger partial charge in [0.2, 0.25) is 11.8 Å². The summed E-state index contributed by atoms with van der Waals surface area (Å²) >= 11 is 0. The van der Waals surface area contributed by atoms with Crippen molar-refractivity contribution in [3.63, 3.8) is 0 Å². The van der Waals surface area contributed by atoms with Gasteiger partial charge in [-0.3, -0.25) is 9.59 Å². The van der Waals surface area contributed by atoms with Crippen molar-refractivity contribution in [3.8, 4) is 0 Å². The molecule has 1 aliphatic carbocycles. The molecule has 31 heavy (non-hydrogen) atoms. The number of nitrogens with zero attached hydrogens (tertiary/aromatic N) is 2. The SMILES string of the molecule is O=C(Nc1ccc(/C=C/C(=O)N2CCC=C(C3=CCCC=C3)CC2)cn1)C1CCOC1. The number of anilines is 1. The smallest absolute Gasteiger partial charge is 0.246 e. The summed E-state index contributed by atoms with van der Waals surface area (Å²) in [5, 5.41) is 2.82. The first-order valence-electron chi connectivity index (χ1n) is 11.1. The quantitative estimate of drug-likeness (QED) is 0.735. The lowest BCUT2D eigenvalue weighted by Crippen LogP contribution is -2.30. The number of hydrogen-bond acceptors (Lipinski definition) is 4. The lowest BCUT2D eigenvalue weighted by molar-refractivity contribution is -0.125. The number of aromatic nitrogens is 1. The first-order valence-corrected chi connectivity index (χ1v) is 11.1. The van der Waals surface area contributed by atoms with Crippen LogP contribution in [0.2, 0.25) is 0 Å². The van der Waals surface area contributed by atoms with Crippen LogP contribution >= 0.6 is 0 Å². The van der Waals surface area contributed by atoms with E-state index in [1.165, 1.54) is 11.1 Å². The first kappa shape index (κ1) is 21.2. The molecule has 1 aromatic heterocycles. The number of amides is 2. The Balaban J connectivity index is 1.28. The van der Waals surface area contributed by atoms with Gasteiger partial charge in [0.05, 0.1) is 12.5 Å². The highest BCUT2D eigenvalue weighted by molar-refractivity contribution is 5.93. The second kappa shape index (κ2) is 10.4. The fourth-order valence-corrected chi connectivity index (χ4v) is 4.02. The molecule has 2 aliphatic heterocycles. The van der Waals surface area contributed by atoms with Crippen molar-refractivity contribution >= 4 is 23.7 Å². The van der Waals surface area contributed by atoms with Gasteiger partial charge in [0, 0.05) is 32.0 Å². The van der Waals surface area contributed by atoms with Gasteiger partial charge < -0.3 is 15.0 Å². The van der Waals surface area contributed by atoms with Crippen LogP contribution in [0.15, 0.2) is 59.9 Å². The summed E-state index contributed by atoms with van der Waals surface area (Å²) in [4.78, 5) is 31.0. The molecule has 0 aromatic carbocycles. The van der Waals surface area contributed by atoms with Gasteiger partial charge >= 0.3 is 0 Å². The fraction of sp³-hybridized carbons (Fsp3) is 0.400. The third-order valence-electron chi connectivity index (χ3n) is 5.87. The van der Waals surface area contributed by atoms with E-state index in [0.717, 1.165) is 50.8 Å². The van der Waals surface area contributed by atoms with Crippen LogP contribution in [-0.2, 0) is 14.3 Å². The van der Waals surface area contributed by atoms with E-state index in [4.69, 9.17) is 4.74 Å². The molecule has 3 aliphatic rings. The van der Waals surface area contributed by atoms with Gasteiger partial charge in [-0.25, -0.2) is 4.98 Å². The largest absolute Gasteiger partial charge is 0.381 e. The van der Waals surface area contributed by atoms with Crippen molar-refractivity contribution in [1.29, 1.82) is 0 Å². The van der Waals surface area contributed by atoms with Crippen LogP contribution in [0.4, 0.5) is 5.82 Å². The molecular formula is C25H29N3O3. The molecule has 1 saturated heterocycles. The second-order valence-corrected chi connectivity index (χ2v) is 8.09. The number of carbonyl (C=O) groups excluding carboxylic acids is 2. The fourth-order valence-electron chi connectivity index (χ4n) is 4.02. The van der Waals surface area contributed by atoms with Crippen molar-refractivity contribution in [2.24, 2.45) is 5.92 Å². The Hall–Kier alpha value is -2.99. The molecule has 6 nitrogen and oxygen atoms in total. The molecule has 1 aromatic rings. The molecule has 6 heteroatoms. The zero-order valence-electron chi connectivity index (χ0n) is 17.8. The van der Waals surface area contributed by atoms with Crippen LogP contribution in [0.5, 0.6) is 0 Å². The van der Waals surface area contributed by atoms with Crippen molar-refractivity contribution in [2.75, 3.05) is 31.6 Å². The minimum atomic E-state index is -0.104. The molecule has 2 amide bonds. The van der Waals surface area contributed by atoms with Gasteiger partial charge in [0.25, 0.3) is 0 Å². The van der Waals surface area contributed by atoms with Gasteiger partial charge in [-0.15, -0.1) is 0 Å². The molecule has 1 N–H and O–H groups in total. The first-order chi connectivity index (χ1) is 15.2.